The molecule has 0 radical (unpaired) electrons. The molecule has 0 aromatic heterocycles. The molecule has 54 valence electrons. The molecule has 1 rings (SSSR count). The number of hydrogen-bond donors (Lipinski definition) is 3. The summed E-state index contributed by atoms with van der Waals surface area (Å²) >= 11 is 0. The summed E-state index contributed by atoms with van der Waals surface area (Å²) in [6, 6.07) is 0.336. The minimum atomic E-state index is -0.568. The van der Waals surface area contributed by atoms with Gasteiger partial charge in [-0.15, -0.1) is 0 Å². The van der Waals surface area contributed by atoms with Crippen LogP contribution in [0.15, 0.2) is 0 Å². The Morgan fingerprint density at radius 1 is 1.33 bits per heavy atom. The Hall–Kier alpha value is -0.120. The third-order valence-electron chi connectivity index (χ3n) is 1.71. The molecule has 3 nitrogen and oxygen atoms in total. The van der Waals surface area contributed by atoms with Gasteiger partial charge in [-0.05, 0) is 13.3 Å². The Balaban J connectivity index is 2.35. The molecule has 0 amide bonds. The van der Waals surface area contributed by atoms with Crippen LogP contribution >= 0.6 is 0 Å². The second-order valence-electron chi connectivity index (χ2n) is 2.68. The zero-order valence-corrected chi connectivity index (χ0v) is 5.54. The normalized spacial score (nSPS) is 45.0. The van der Waals surface area contributed by atoms with Gasteiger partial charge in [0.05, 0.1) is 12.2 Å². The molecule has 0 saturated carbocycles. The third-order valence-corrected chi connectivity index (χ3v) is 1.71. The van der Waals surface area contributed by atoms with Crippen LogP contribution in [-0.4, -0.2) is 35.0 Å². The van der Waals surface area contributed by atoms with Crippen LogP contribution in [0.4, 0.5) is 0 Å². The van der Waals surface area contributed by atoms with Gasteiger partial charge < -0.3 is 15.5 Å². The van der Waals surface area contributed by atoms with E-state index in [1.54, 1.807) is 0 Å². The van der Waals surface area contributed by atoms with Crippen molar-refractivity contribution in [1.82, 2.24) is 5.32 Å². The van der Waals surface area contributed by atoms with Gasteiger partial charge in [0, 0.05) is 12.6 Å². The first kappa shape index (κ1) is 6.99. The summed E-state index contributed by atoms with van der Waals surface area (Å²) in [6.45, 7) is 2.51. The summed E-state index contributed by atoms with van der Waals surface area (Å²) in [7, 11) is 0. The number of piperidine rings is 1. The van der Waals surface area contributed by atoms with Crippen molar-refractivity contribution in [3.63, 3.8) is 0 Å². The first-order valence-electron chi connectivity index (χ1n) is 3.29. The average molecular weight is 131 g/mol. The largest absolute Gasteiger partial charge is 0.390 e. The van der Waals surface area contributed by atoms with Gasteiger partial charge in [-0.2, -0.15) is 0 Å². The Bertz CT molecular complexity index is 97.1. The van der Waals surface area contributed by atoms with Crippen LogP contribution in [0, 0.1) is 0 Å². The van der Waals surface area contributed by atoms with E-state index in [2.05, 4.69) is 5.32 Å². The number of aliphatic hydroxyl groups excluding tert-OH is 2. The van der Waals surface area contributed by atoms with Gasteiger partial charge in [0.1, 0.15) is 0 Å². The van der Waals surface area contributed by atoms with Crippen LogP contribution in [-0.2, 0) is 0 Å². The average Bonchev–Trinajstić information content (AvgIpc) is 1.80. The van der Waals surface area contributed by atoms with Crippen LogP contribution in [0.25, 0.3) is 0 Å². The zero-order valence-electron chi connectivity index (χ0n) is 5.54. The molecule has 0 unspecified atom stereocenters. The second kappa shape index (κ2) is 2.64. The SMILES string of the molecule is C[C@@H]1C[C@@H](O)[C@H](O)CN1. The Kier molecular flexibility index (Phi) is 2.05. The highest BCUT2D eigenvalue weighted by atomic mass is 16.3. The smallest absolute Gasteiger partial charge is 0.0923 e. The third kappa shape index (κ3) is 1.64. The minimum absolute atomic E-state index is 0.336. The molecule has 1 heterocycles. The summed E-state index contributed by atoms with van der Waals surface area (Å²) in [5.74, 6) is 0. The Morgan fingerprint density at radius 3 is 2.44 bits per heavy atom. The summed E-state index contributed by atoms with van der Waals surface area (Å²) in [6.07, 6.45) is -0.441. The van der Waals surface area contributed by atoms with E-state index in [1.165, 1.54) is 0 Å². The maximum Gasteiger partial charge on any atom is 0.0923 e. The standard InChI is InChI=1S/C6H13NO2/c1-4-2-5(8)6(9)3-7-4/h4-9H,2-3H2,1H3/t4-,5-,6-/m1/s1. The van der Waals surface area contributed by atoms with Gasteiger partial charge >= 0.3 is 0 Å². The second-order valence-corrected chi connectivity index (χ2v) is 2.68. The Labute approximate surface area is 54.7 Å². The van der Waals surface area contributed by atoms with Crippen molar-refractivity contribution in [2.24, 2.45) is 0 Å². The molecular weight excluding hydrogens is 118 g/mol. The van der Waals surface area contributed by atoms with Crippen LogP contribution in [0.1, 0.15) is 13.3 Å². The predicted octanol–water partition coefficient (Wildman–Crippen LogP) is -0.910. The van der Waals surface area contributed by atoms with E-state index < -0.39 is 12.2 Å². The molecule has 1 saturated heterocycles. The minimum Gasteiger partial charge on any atom is -0.390 e. The van der Waals surface area contributed by atoms with E-state index >= 15 is 0 Å². The van der Waals surface area contributed by atoms with Gasteiger partial charge in [-0.25, -0.2) is 0 Å². The molecule has 3 atom stereocenters. The molecule has 0 aromatic carbocycles. The highest BCUT2D eigenvalue weighted by Crippen LogP contribution is 2.07. The van der Waals surface area contributed by atoms with Crippen molar-refractivity contribution >= 4 is 0 Å². The first-order chi connectivity index (χ1) is 4.20. The molecular formula is C6H13NO2. The van der Waals surface area contributed by atoms with Crippen LogP contribution in [0.2, 0.25) is 0 Å². The van der Waals surface area contributed by atoms with E-state index in [9.17, 15) is 0 Å². The molecule has 0 bridgehead atoms. The number of aliphatic hydroxyl groups is 2. The maximum atomic E-state index is 9.06. The van der Waals surface area contributed by atoms with Crippen molar-refractivity contribution < 1.29 is 10.2 Å². The predicted molar refractivity (Wildman–Crippen MR) is 34.1 cm³/mol. The Morgan fingerprint density at radius 2 is 2.00 bits per heavy atom. The van der Waals surface area contributed by atoms with E-state index in [0.29, 0.717) is 19.0 Å². The van der Waals surface area contributed by atoms with Crippen LogP contribution in [0.5, 0.6) is 0 Å². The lowest BCUT2D eigenvalue weighted by molar-refractivity contribution is -0.00990. The number of nitrogens with one attached hydrogen (secondary N) is 1. The van der Waals surface area contributed by atoms with Gasteiger partial charge in [0.25, 0.3) is 0 Å². The van der Waals surface area contributed by atoms with Crippen LogP contribution in [0.3, 0.4) is 0 Å². The summed E-state index contributed by atoms with van der Waals surface area (Å²) in [5, 5.41) is 21.1. The van der Waals surface area contributed by atoms with Gasteiger partial charge in [-0.3, -0.25) is 0 Å². The topological polar surface area (TPSA) is 52.5 Å². The summed E-state index contributed by atoms with van der Waals surface area (Å²) in [5.41, 5.74) is 0. The number of hydrogen-bond acceptors (Lipinski definition) is 3. The van der Waals surface area contributed by atoms with Crippen molar-refractivity contribution in [2.75, 3.05) is 6.54 Å². The molecule has 1 fully saturated rings. The van der Waals surface area contributed by atoms with Gasteiger partial charge in [0.2, 0.25) is 0 Å². The number of rotatable bonds is 0. The van der Waals surface area contributed by atoms with Crippen molar-refractivity contribution in [2.45, 2.75) is 31.6 Å². The molecule has 3 heteroatoms. The molecule has 1 aliphatic heterocycles. The molecule has 0 spiro atoms. The lowest BCUT2D eigenvalue weighted by Crippen LogP contribution is -2.48. The van der Waals surface area contributed by atoms with E-state index in [1.807, 2.05) is 6.92 Å². The fourth-order valence-electron chi connectivity index (χ4n) is 1.06. The maximum absolute atomic E-state index is 9.06. The quantitative estimate of drug-likeness (QED) is 0.399. The molecule has 0 aliphatic carbocycles. The van der Waals surface area contributed by atoms with E-state index in [0.717, 1.165) is 0 Å². The van der Waals surface area contributed by atoms with Crippen molar-refractivity contribution in [3.8, 4) is 0 Å². The highest BCUT2D eigenvalue weighted by Gasteiger charge is 2.23. The lowest BCUT2D eigenvalue weighted by atomic mass is 10.0. The fourth-order valence-corrected chi connectivity index (χ4v) is 1.06. The van der Waals surface area contributed by atoms with E-state index in [-0.39, 0.29) is 0 Å². The molecule has 0 aromatic rings. The van der Waals surface area contributed by atoms with Crippen LogP contribution < -0.4 is 5.32 Å². The van der Waals surface area contributed by atoms with Crippen molar-refractivity contribution in [1.29, 1.82) is 0 Å². The monoisotopic (exact) mass is 131 g/mol. The lowest BCUT2D eigenvalue weighted by Gasteiger charge is -2.28. The molecule has 3 N–H and O–H groups in total. The van der Waals surface area contributed by atoms with Gasteiger partial charge in [-0.1, -0.05) is 0 Å². The fraction of sp³-hybridized carbons (Fsp3) is 1.00. The van der Waals surface area contributed by atoms with Crippen molar-refractivity contribution in [3.05, 3.63) is 0 Å². The molecule has 9 heavy (non-hydrogen) atoms. The highest BCUT2D eigenvalue weighted by molar-refractivity contribution is 4.81. The summed E-state index contributed by atoms with van der Waals surface area (Å²) < 4.78 is 0. The van der Waals surface area contributed by atoms with Gasteiger partial charge in [0.15, 0.2) is 0 Å². The molecule has 1 aliphatic rings. The summed E-state index contributed by atoms with van der Waals surface area (Å²) in [4.78, 5) is 0. The first-order valence-corrected chi connectivity index (χ1v) is 3.29. The zero-order chi connectivity index (χ0) is 6.85. The number of β-amino-alcohol motifs (C(OH)–C–C–N with tert-alkyl or cyclic N) is 1. The van der Waals surface area contributed by atoms with E-state index in [4.69, 9.17) is 10.2 Å².